The predicted molar refractivity (Wildman–Crippen MR) is 6.73 cm³/mol. The van der Waals surface area contributed by atoms with E-state index in [2.05, 4.69) is 0 Å². The van der Waals surface area contributed by atoms with Crippen molar-refractivity contribution in [1.82, 2.24) is 0 Å². The van der Waals surface area contributed by atoms with E-state index in [4.69, 9.17) is 0 Å². The van der Waals surface area contributed by atoms with Crippen molar-refractivity contribution in [1.29, 1.82) is 0 Å². The first kappa shape index (κ1) is 42.3. The summed E-state index contributed by atoms with van der Waals surface area (Å²) in [5.41, 5.74) is 0. The summed E-state index contributed by atoms with van der Waals surface area (Å²) in [6.45, 7) is 0. The van der Waals surface area contributed by atoms with Gasteiger partial charge in [-0.1, -0.05) is 7.43 Å². The normalized spacial score (nSPS) is 0. The molecule has 0 unspecified atom stereocenters. The van der Waals surface area contributed by atoms with E-state index in [1.807, 2.05) is 0 Å². The topological polar surface area (TPSA) is 0 Å². The zero-order valence-electron chi connectivity index (χ0n) is 1.34. The molecule has 0 amide bonds. The fourth-order valence-electron chi connectivity index (χ4n) is 0. The van der Waals surface area contributed by atoms with Crippen molar-refractivity contribution in [3.8, 4) is 0 Å². The van der Waals surface area contributed by atoms with E-state index in [0.29, 0.717) is 0 Å². The van der Waals surface area contributed by atoms with Crippen LogP contribution in [0, 0.1) is 0 Å². The van der Waals surface area contributed by atoms with Crippen molar-refractivity contribution < 1.29 is 55.7 Å². The van der Waals surface area contributed by atoms with Crippen LogP contribution in [0.25, 0.3) is 0 Å². The minimum atomic E-state index is 0. The minimum Gasteiger partial charge on any atom is -0.0776 e. The van der Waals surface area contributed by atoms with Crippen LogP contribution in [0.5, 0.6) is 0 Å². The van der Waals surface area contributed by atoms with Crippen molar-refractivity contribution in [2.45, 2.75) is 7.43 Å². The first-order valence-corrected chi connectivity index (χ1v) is 0. The summed E-state index contributed by atoms with van der Waals surface area (Å²) in [7, 11) is 0. The maximum Gasteiger partial charge on any atom is 0 e. The van der Waals surface area contributed by atoms with Gasteiger partial charge in [0.2, 0.25) is 0 Å². The summed E-state index contributed by atoms with van der Waals surface area (Å²) in [4.78, 5) is 0. The molecule has 0 nitrogen and oxygen atoms in total. The van der Waals surface area contributed by atoms with Crippen LogP contribution in [0.2, 0.25) is 0 Å². The van der Waals surface area contributed by atoms with Gasteiger partial charge in [-0.2, -0.15) is 0 Å². The summed E-state index contributed by atoms with van der Waals surface area (Å²) in [5.74, 6) is 0. The van der Waals surface area contributed by atoms with Gasteiger partial charge in [-0.15, -0.1) is 0 Å². The second-order valence-corrected chi connectivity index (χ2v) is 0. The molecule has 0 bridgehead atoms. The van der Waals surface area contributed by atoms with Crippen LogP contribution in [0.3, 0.4) is 0 Å². The van der Waals surface area contributed by atoms with Gasteiger partial charge in [-0.05, 0) is 0 Å². The van der Waals surface area contributed by atoms with E-state index in [1.165, 1.54) is 0 Å². The molecule has 4 heavy (non-hydrogen) atoms. The first-order chi connectivity index (χ1) is 0. The van der Waals surface area contributed by atoms with Crippen LogP contribution in [0.4, 0.5) is 0 Å². The van der Waals surface area contributed by atoms with Gasteiger partial charge in [-0.3, -0.25) is 0 Å². The third-order valence-electron chi connectivity index (χ3n) is 0. The molecule has 0 atom stereocenters. The van der Waals surface area contributed by atoms with Gasteiger partial charge in [0, 0.05) is 55.7 Å². The predicted octanol–water partition coefficient (Wildman–Crippen LogP) is 0.629. The Morgan fingerprint density at radius 3 is 0.500 bits per heavy atom. The van der Waals surface area contributed by atoms with E-state index < -0.39 is 0 Å². The molecule has 3 radical (unpaired) electrons. The Morgan fingerprint density at radius 2 is 0.500 bits per heavy atom. The maximum atomic E-state index is 0. The van der Waals surface area contributed by atoms with Crippen molar-refractivity contribution in [2.24, 2.45) is 0 Å². The Kier molecular flexibility index (Phi) is 230. The number of hydrogen-bond donors (Lipinski definition) is 0. The third kappa shape index (κ3) is 9.26. The molecule has 0 aromatic carbocycles. The van der Waals surface area contributed by atoms with E-state index in [1.54, 1.807) is 0 Å². The quantitative estimate of drug-likeness (QED) is 0.498. The van der Waals surface area contributed by atoms with Crippen LogP contribution in [-0.4, -0.2) is 0 Å². The SMILES string of the molecule is C.[V].[V].[V]. The molecule has 23 valence electrons. The van der Waals surface area contributed by atoms with Crippen molar-refractivity contribution >= 4 is 0 Å². The monoisotopic (exact) mass is 169 g/mol. The number of hydrogen-bond acceptors (Lipinski definition) is 0. The summed E-state index contributed by atoms with van der Waals surface area (Å²) in [6.07, 6.45) is 0. The Balaban J connectivity index is 0. The average molecular weight is 169 g/mol. The smallest absolute Gasteiger partial charge is 0 e. The van der Waals surface area contributed by atoms with E-state index in [-0.39, 0.29) is 63.1 Å². The molecule has 3 heteroatoms. The van der Waals surface area contributed by atoms with Crippen LogP contribution in [0.15, 0.2) is 0 Å². The zero-order chi connectivity index (χ0) is 0. The van der Waals surface area contributed by atoms with Crippen molar-refractivity contribution in [2.75, 3.05) is 0 Å². The zero-order valence-corrected chi connectivity index (χ0v) is 5.53. The third-order valence-corrected chi connectivity index (χ3v) is 0. The largest absolute Gasteiger partial charge is 0.0776 e. The average Bonchev–Trinajstić information content (AvgIpc) is 0. The summed E-state index contributed by atoms with van der Waals surface area (Å²) < 4.78 is 0. The van der Waals surface area contributed by atoms with E-state index >= 15 is 0 Å². The molecule has 0 aliphatic carbocycles. The molecular formula is CH4V3. The summed E-state index contributed by atoms with van der Waals surface area (Å²) >= 11 is 0. The molecule has 0 aliphatic heterocycles. The van der Waals surface area contributed by atoms with E-state index in [0.717, 1.165) is 0 Å². The van der Waals surface area contributed by atoms with Crippen molar-refractivity contribution in [3.05, 3.63) is 0 Å². The van der Waals surface area contributed by atoms with Gasteiger partial charge in [0.05, 0.1) is 0 Å². The Hall–Kier alpha value is 1.75. The molecule has 0 aromatic heterocycles. The van der Waals surface area contributed by atoms with Gasteiger partial charge < -0.3 is 0 Å². The van der Waals surface area contributed by atoms with Gasteiger partial charge >= 0.3 is 0 Å². The van der Waals surface area contributed by atoms with Crippen LogP contribution >= 0.6 is 0 Å². The molecule has 0 fully saturated rings. The molecule has 0 rings (SSSR count). The Labute approximate surface area is 62.8 Å². The minimum absolute atomic E-state index is 0. The van der Waals surface area contributed by atoms with Crippen LogP contribution in [-0.2, 0) is 55.7 Å². The fourth-order valence-corrected chi connectivity index (χ4v) is 0. The molecular weight excluding hydrogens is 165 g/mol. The van der Waals surface area contributed by atoms with Gasteiger partial charge in [-0.25, -0.2) is 0 Å². The maximum absolute atomic E-state index is 0. The number of rotatable bonds is 0. The van der Waals surface area contributed by atoms with Crippen LogP contribution in [0.1, 0.15) is 7.43 Å². The second-order valence-electron chi connectivity index (χ2n) is 0. The molecule has 0 heterocycles. The Morgan fingerprint density at radius 1 is 0.500 bits per heavy atom. The van der Waals surface area contributed by atoms with E-state index in [9.17, 15) is 0 Å². The van der Waals surface area contributed by atoms with Crippen LogP contribution < -0.4 is 0 Å². The summed E-state index contributed by atoms with van der Waals surface area (Å²) in [5, 5.41) is 0. The molecule has 0 aromatic rings. The van der Waals surface area contributed by atoms with Crippen molar-refractivity contribution in [3.63, 3.8) is 0 Å². The molecule has 0 saturated heterocycles. The molecule has 0 saturated carbocycles. The second kappa shape index (κ2) is 21.8. The van der Waals surface area contributed by atoms with Gasteiger partial charge in [0.15, 0.2) is 0 Å². The molecule has 0 aliphatic rings. The van der Waals surface area contributed by atoms with Gasteiger partial charge in [0.25, 0.3) is 0 Å². The molecule has 0 spiro atoms. The fraction of sp³-hybridized carbons (Fsp3) is 1.00. The Bertz CT molecular complexity index is 3.25. The summed E-state index contributed by atoms with van der Waals surface area (Å²) in [6, 6.07) is 0. The molecule has 0 N–H and O–H groups in total. The first-order valence-electron chi connectivity index (χ1n) is 0. The standard InChI is InChI=1S/CH4.3V/h1H4;;;. The van der Waals surface area contributed by atoms with Gasteiger partial charge in [0.1, 0.15) is 0 Å².